The van der Waals surface area contributed by atoms with E-state index >= 15 is 0 Å². The summed E-state index contributed by atoms with van der Waals surface area (Å²) in [5, 5.41) is 3.02. The maximum atomic E-state index is 13.1. The summed E-state index contributed by atoms with van der Waals surface area (Å²) < 4.78 is 49.5. The van der Waals surface area contributed by atoms with Gasteiger partial charge in [-0.15, -0.1) is 0 Å². The third kappa shape index (κ3) is 5.93. The van der Waals surface area contributed by atoms with E-state index in [0.717, 1.165) is 6.07 Å². The van der Waals surface area contributed by atoms with Gasteiger partial charge in [-0.05, 0) is 31.0 Å². The minimum atomic E-state index is -4.43. The molecule has 6 heteroatoms. The summed E-state index contributed by atoms with van der Waals surface area (Å²) in [7, 11) is 1.57. The van der Waals surface area contributed by atoms with E-state index in [-0.39, 0.29) is 11.9 Å². The predicted molar refractivity (Wildman–Crippen MR) is 75.4 cm³/mol. The first-order valence-electron chi connectivity index (χ1n) is 6.95. The van der Waals surface area contributed by atoms with E-state index in [1.807, 2.05) is 6.92 Å². The zero-order chi connectivity index (χ0) is 15.9. The Morgan fingerprint density at radius 1 is 1.29 bits per heavy atom. The molecule has 1 unspecified atom stereocenters. The number of halogens is 3. The van der Waals surface area contributed by atoms with Crippen molar-refractivity contribution in [3.8, 4) is 5.75 Å². The molecule has 0 fully saturated rings. The van der Waals surface area contributed by atoms with Crippen LogP contribution in [-0.4, -0.2) is 26.4 Å². The highest BCUT2D eigenvalue weighted by atomic mass is 19.4. The van der Waals surface area contributed by atoms with Crippen LogP contribution in [0.2, 0.25) is 0 Å². The van der Waals surface area contributed by atoms with E-state index in [4.69, 9.17) is 9.47 Å². The second-order valence-corrected chi connectivity index (χ2v) is 4.83. The Morgan fingerprint density at radius 2 is 2.00 bits per heavy atom. The molecule has 0 aromatic heterocycles. The van der Waals surface area contributed by atoms with E-state index in [9.17, 15) is 13.2 Å². The summed E-state index contributed by atoms with van der Waals surface area (Å²) in [5.74, 6) is -0.113. The van der Waals surface area contributed by atoms with Crippen LogP contribution in [0.15, 0.2) is 18.2 Å². The van der Waals surface area contributed by atoms with Gasteiger partial charge in [-0.1, -0.05) is 13.0 Å². The van der Waals surface area contributed by atoms with Crippen molar-refractivity contribution in [2.24, 2.45) is 0 Å². The summed E-state index contributed by atoms with van der Waals surface area (Å²) in [6.45, 7) is 5.08. The largest absolute Gasteiger partial charge is 0.490 e. The SMILES string of the molecule is CCC(C)Oc1ccc(CNCCOC)cc1C(F)(F)F. The Kier molecular flexibility index (Phi) is 6.98. The van der Waals surface area contributed by atoms with Crippen molar-refractivity contribution in [2.75, 3.05) is 20.3 Å². The molecule has 0 bridgehead atoms. The van der Waals surface area contributed by atoms with Crippen molar-refractivity contribution >= 4 is 0 Å². The van der Waals surface area contributed by atoms with Gasteiger partial charge in [0.25, 0.3) is 0 Å². The summed E-state index contributed by atoms with van der Waals surface area (Å²) in [5.41, 5.74) is -0.163. The third-order valence-corrected chi connectivity index (χ3v) is 3.06. The topological polar surface area (TPSA) is 30.5 Å². The number of benzene rings is 1. The minimum Gasteiger partial charge on any atom is -0.490 e. The predicted octanol–water partition coefficient (Wildman–Crippen LogP) is 3.62. The Bertz CT molecular complexity index is 435. The lowest BCUT2D eigenvalue weighted by atomic mass is 10.1. The van der Waals surface area contributed by atoms with E-state index in [1.54, 1.807) is 20.1 Å². The standard InChI is InChI=1S/C15H22F3NO2/c1-4-11(2)21-14-6-5-12(10-19-7-8-20-3)9-13(14)15(16,17)18/h5-6,9,11,19H,4,7-8,10H2,1-3H3. The molecule has 1 N–H and O–H groups in total. The Hall–Kier alpha value is -1.27. The zero-order valence-corrected chi connectivity index (χ0v) is 12.6. The van der Waals surface area contributed by atoms with Crippen LogP contribution in [0.4, 0.5) is 13.2 Å². The Balaban J connectivity index is 2.86. The molecule has 0 saturated heterocycles. The molecule has 120 valence electrons. The fourth-order valence-corrected chi connectivity index (χ4v) is 1.72. The quantitative estimate of drug-likeness (QED) is 0.744. The molecule has 1 atom stereocenters. The van der Waals surface area contributed by atoms with E-state index in [2.05, 4.69) is 5.32 Å². The zero-order valence-electron chi connectivity index (χ0n) is 12.6. The van der Waals surface area contributed by atoms with Gasteiger partial charge in [-0.25, -0.2) is 0 Å². The first kappa shape index (κ1) is 17.8. The van der Waals surface area contributed by atoms with Gasteiger partial charge in [0.1, 0.15) is 5.75 Å². The third-order valence-electron chi connectivity index (χ3n) is 3.06. The minimum absolute atomic E-state index is 0.113. The molecule has 0 aliphatic carbocycles. The van der Waals surface area contributed by atoms with Gasteiger partial charge in [0.2, 0.25) is 0 Å². The van der Waals surface area contributed by atoms with E-state index < -0.39 is 11.7 Å². The van der Waals surface area contributed by atoms with Crippen LogP contribution >= 0.6 is 0 Å². The number of hydrogen-bond donors (Lipinski definition) is 1. The van der Waals surface area contributed by atoms with Crippen molar-refractivity contribution in [3.05, 3.63) is 29.3 Å². The monoisotopic (exact) mass is 305 g/mol. The molecule has 0 amide bonds. The molecule has 21 heavy (non-hydrogen) atoms. The highest BCUT2D eigenvalue weighted by Gasteiger charge is 2.35. The van der Waals surface area contributed by atoms with Gasteiger partial charge >= 0.3 is 6.18 Å². The fraction of sp³-hybridized carbons (Fsp3) is 0.600. The smallest absolute Gasteiger partial charge is 0.419 e. The molecule has 0 heterocycles. The summed E-state index contributed by atoms with van der Waals surface area (Å²) in [4.78, 5) is 0. The lowest BCUT2D eigenvalue weighted by Crippen LogP contribution is -2.19. The van der Waals surface area contributed by atoms with E-state index in [0.29, 0.717) is 31.7 Å². The maximum Gasteiger partial charge on any atom is 0.419 e. The van der Waals surface area contributed by atoms with Crippen LogP contribution in [0.5, 0.6) is 5.75 Å². The molecule has 0 aliphatic heterocycles. The molecule has 0 aliphatic rings. The highest BCUT2D eigenvalue weighted by Crippen LogP contribution is 2.37. The first-order chi connectivity index (χ1) is 9.88. The van der Waals surface area contributed by atoms with Crippen molar-refractivity contribution in [3.63, 3.8) is 0 Å². The molecule has 0 saturated carbocycles. The van der Waals surface area contributed by atoms with Gasteiger partial charge in [0.05, 0.1) is 18.3 Å². The van der Waals surface area contributed by atoms with Crippen LogP contribution in [-0.2, 0) is 17.5 Å². The highest BCUT2D eigenvalue weighted by molar-refractivity contribution is 5.39. The van der Waals surface area contributed by atoms with Crippen LogP contribution in [0.3, 0.4) is 0 Å². The number of ether oxygens (including phenoxy) is 2. The van der Waals surface area contributed by atoms with Crippen LogP contribution in [0.1, 0.15) is 31.4 Å². The normalized spacial score (nSPS) is 13.2. The van der Waals surface area contributed by atoms with Crippen LogP contribution < -0.4 is 10.1 Å². The van der Waals surface area contributed by atoms with Crippen molar-refractivity contribution in [1.29, 1.82) is 0 Å². The van der Waals surface area contributed by atoms with Gasteiger partial charge in [0.15, 0.2) is 0 Å². The maximum absolute atomic E-state index is 13.1. The van der Waals surface area contributed by atoms with Crippen molar-refractivity contribution in [1.82, 2.24) is 5.32 Å². The van der Waals surface area contributed by atoms with Gasteiger partial charge < -0.3 is 14.8 Å². The lowest BCUT2D eigenvalue weighted by Gasteiger charge is -2.18. The number of nitrogens with one attached hydrogen (secondary N) is 1. The number of rotatable bonds is 8. The van der Waals surface area contributed by atoms with Gasteiger partial charge in [0, 0.05) is 20.2 Å². The molecule has 1 aromatic carbocycles. The molecular weight excluding hydrogens is 283 g/mol. The van der Waals surface area contributed by atoms with E-state index in [1.165, 1.54) is 6.07 Å². The first-order valence-corrected chi connectivity index (χ1v) is 6.95. The van der Waals surface area contributed by atoms with Gasteiger partial charge in [-0.2, -0.15) is 13.2 Å². The number of methoxy groups -OCH3 is 1. The molecule has 3 nitrogen and oxygen atoms in total. The van der Waals surface area contributed by atoms with Crippen LogP contribution in [0.25, 0.3) is 0 Å². The average Bonchev–Trinajstić information content (AvgIpc) is 2.43. The summed E-state index contributed by atoms with van der Waals surface area (Å²) >= 11 is 0. The second-order valence-electron chi connectivity index (χ2n) is 4.83. The molecule has 0 spiro atoms. The van der Waals surface area contributed by atoms with Crippen LogP contribution in [0, 0.1) is 0 Å². The average molecular weight is 305 g/mol. The molecule has 0 radical (unpaired) electrons. The molecule has 1 aromatic rings. The van der Waals surface area contributed by atoms with Gasteiger partial charge in [-0.3, -0.25) is 0 Å². The van der Waals surface area contributed by atoms with Crippen molar-refractivity contribution in [2.45, 2.75) is 39.1 Å². The molecular formula is C15H22F3NO2. The lowest BCUT2D eigenvalue weighted by molar-refractivity contribution is -0.139. The second kappa shape index (κ2) is 8.24. The fourth-order valence-electron chi connectivity index (χ4n) is 1.72. The number of hydrogen-bond acceptors (Lipinski definition) is 3. The summed E-state index contributed by atoms with van der Waals surface area (Å²) in [6, 6.07) is 4.17. The number of alkyl halides is 3. The Morgan fingerprint density at radius 3 is 2.57 bits per heavy atom. The molecule has 1 rings (SSSR count). The van der Waals surface area contributed by atoms with Crippen molar-refractivity contribution < 1.29 is 22.6 Å². The Labute approximate surface area is 123 Å². The summed E-state index contributed by atoms with van der Waals surface area (Å²) in [6.07, 6.45) is -4.03.